The molecule has 0 fully saturated rings. The minimum Gasteiger partial charge on any atom is -0.478 e. The van der Waals surface area contributed by atoms with Crippen LogP contribution in [0.15, 0.2) is 56.3 Å². The lowest BCUT2D eigenvalue weighted by molar-refractivity contribution is 0.0695. The molecule has 7 heteroatoms. The molecule has 0 atom stereocenters. The number of carboxylic acids is 1. The molecule has 0 heterocycles. The highest BCUT2D eigenvalue weighted by atomic mass is 79.9. The van der Waals surface area contributed by atoms with Crippen molar-refractivity contribution in [3.63, 3.8) is 0 Å². The largest absolute Gasteiger partial charge is 0.478 e. The molecule has 0 amide bonds. The summed E-state index contributed by atoms with van der Waals surface area (Å²) in [7, 11) is -3.62. The Morgan fingerprint density at radius 2 is 1.71 bits per heavy atom. The van der Waals surface area contributed by atoms with Gasteiger partial charge < -0.3 is 5.11 Å². The Labute approximate surface area is 139 Å². The minimum atomic E-state index is -3.62. The standard InChI is InChI=1S/C14H10Br2O4S/c15-12-4-2-1-3-9(12)8-21(19,20)10-5-6-13(16)11(7-10)14(17)18/h1-7H,8H2,(H,17,18). The molecule has 0 spiro atoms. The van der Waals surface area contributed by atoms with Gasteiger partial charge in [0.25, 0.3) is 0 Å². The van der Waals surface area contributed by atoms with Gasteiger partial charge in [-0.2, -0.15) is 0 Å². The molecule has 0 aliphatic heterocycles. The summed E-state index contributed by atoms with van der Waals surface area (Å²) in [6.45, 7) is 0. The van der Waals surface area contributed by atoms with Gasteiger partial charge >= 0.3 is 5.97 Å². The van der Waals surface area contributed by atoms with E-state index in [4.69, 9.17) is 5.11 Å². The first-order valence-corrected chi connectivity index (χ1v) is 9.04. The normalized spacial score (nSPS) is 11.3. The Kier molecular flexibility index (Phi) is 4.85. The Hall–Kier alpha value is -1.18. The predicted octanol–water partition coefficient (Wildman–Crippen LogP) is 3.88. The summed E-state index contributed by atoms with van der Waals surface area (Å²) in [4.78, 5) is 11.1. The summed E-state index contributed by atoms with van der Waals surface area (Å²) < 4.78 is 25.9. The van der Waals surface area contributed by atoms with E-state index in [1.807, 2.05) is 0 Å². The molecular formula is C14H10Br2O4S. The average Bonchev–Trinajstić information content (AvgIpc) is 2.41. The van der Waals surface area contributed by atoms with Crippen LogP contribution in [0, 0.1) is 0 Å². The Morgan fingerprint density at radius 3 is 2.33 bits per heavy atom. The number of hydrogen-bond acceptors (Lipinski definition) is 3. The Morgan fingerprint density at radius 1 is 1.05 bits per heavy atom. The van der Waals surface area contributed by atoms with E-state index in [2.05, 4.69) is 31.9 Å². The van der Waals surface area contributed by atoms with E-state index in [9.17, 15) is 13.2 Å². The first-order valence-electron chi connectivity index (χ1n) is 5.80. The summed E-state index contributed by atoms with van der Waals surface area (Å²) in [6.07, 6.45) is 0. The van der Waals surface area contributed by atoms with Crippen LogP contribution in [0.4, 0.5) is 0 Å². The maximum Gasteiger partial charge on any atom is 0.336 e. The molecule has 0 radical (unpaired) electrons. The van der Waals surface area contributed by atoms with Crippen molar-refractivity contribution >= 4 is 47.7 Å². The van der Waals surface area contributed by atoms with Crippen LogP contribution in [0.3, 0.4) is 0 Å². The van der Waals surface area contributed by atoms with Crippen molar-refractivity contribution < 1.29 is 18.3 Å². The maximum absolute atomic E-state index is 12.4. The predicted molar refractivity (Wildman–Crippen MR) is 86.1 cm³/mol. The summed E-state index contributed by atoms with van der Waals surface area (Å²) in [5.41, 5.74) is 0.542. The summed E-state index contributed by atoms with van der Waals surface area (Å²) in [6, 6.07) is 11.0. The molecule has 0 bridgehead atoms. The molecular weight excluding hydrogens is 424 g/mol. The fourth-order valence-corrected chi connectivity index (χ4v) is 4.19. The molecule has 2 aromatic carbocycles. The zero-order chi connectivity index (χ0) is 15.6. The first kappa shape index (κ1) is 16.2. The van der Waals surface area contributed by atoms with Gasteiger partial charge in [0.05, 0.1) is 16.2 Å². The number of halogens is 2. The zero-order valence-electron chi connectivity index (χ0n) is 10.6. The molecule has 0 aliphatic carbocycles. The van der Waals surface area contributed by atoms with Crippen molar-refractivity contribution in [3.8, 4) is 0 Å². The van der Waals surface area contributed by atoms with Crippen molar-refractivity contribution in [1.29, 1.82) is 0 Å². The van der Waals surface area contributed by atoms with E-state index in [-0.39, 0.29) is 16.2 Å². The smallest absolute Gasteiger partial charge is 0.336 e. The third-order valence-corrected chi connectivity index (χ3v) is 5.96. The molecule has 110 valence electrons. The van der Waals surface area contributed by atoms with Gasteiger partial charge in [-0.05, 0) is 45.8 Å². The molecule has 1 N–H and O–H groups in total. The summed E-state index contributed by atoms with van der Waals surface area (Å²) >= 11 is 6.40. The van der Waals surface area contributed by atoms with Crippen molar-refractivity contribution in [2.45, 2.75) is 10.6 Å². The number of hydrogen-bond donors (Lipinski definition) is 1. The highest BCUT2D eigenvalue weighted by molar-refractivity contribution is 9.10. The van der Waals surface area contributed by atoms with Crippen LogP contribution in [-0.2, 0) is 15.6 Å². The lowest BCUT2D eigenvalue weighted by Gasteiger charge is -2.08. The Bertz CT molecular complexity index is 800. The third kappa shape index (κ3) is 3.72. The van der Waals surface area contributed by atoms with E-state index in [0.29, 0.717) is 14.5 Å². The van der Waals surface area contributed by atoms with Crippen molar-refractivity contribution in [2.24, 2.45) is 0 Å². The third-order valence-electron chi connectivity index (χ3n) is 2.83. The number of rotatable bonds is 4. The van der Waals surface area contributed by atoms with E-state index < -0.39 is 15.8 Å². The van der Waals surface area contributed by atoms with Gasteiger partial charge in [0, 0.05) is 8.95 Å². The quantitative estimate of drug-likeness (QED) is 0.793. The summed E-state index contributed by atoms with van der Waals surface area (Å²) in [5, 5.41) is 9.06. The number of carbonyl (C=O) groups is 1. The van der Waals surface area contributed by atoms with Crippen LogP contribution < -0.4 is 0 Å². The molecule has 4 nitrogen and oxygen atoms in total. The van der Waals surface area contributed by atoms with E-state index in [0.717, 1.165) is 0 Å². The fraction of sp³-hybridized carbons (Fsp3) is 0.0714. The average molecular weight is 434 g/mol. The van der Waals surface area contributed by atoms with Gasteiger partial charge in [0.1, 0.15) is 0 Å². The molecule has 0 saturated carbocycles. The van der Waals surface area contributed by atoms with Gasteiger partial charge in [-0.3, -0.25) is 0 Å². The van der Waals surface area contributed by atoms with E-state index in [1.54, 1.807) is 24.3 Å². The first-order chi connectivity index (χ1) is 9.81. The van der Waals surface area contributed by atoms with Gasteiger partial charge in [0.15, 0.2) is 9.84 Å². The maximum atomic E-state index is 12.4. The second-order valence-electron chi connectivity index (χ2n) is 4.30. The van der Waals surface area contributed by atoms with Crippen molar-refractivity contribution in [1.82, 2.24) is 0 Å². The molecule has 2 aromatic rings. The van der Waals surface area contributed by atoms with Crippen LogP contribution in [-0.4, -0.2) is 19.5 Å². The molecule has 0 unspecified atom stereocenters. The SMILES string of the molecule is O=C(O)c1cc(S(=O)(=O)Cc2ccccc2Br)ccc1Br. The summed E-state index contributed by atoms with van der Waals surface area (Å²) in [5.74, 6) is -1.38. The minimum absolute atomic E-state index is 0.0150. The molecule has 0 saturated heterocycles. The highest BCUT2D eigenvalue weighted by Gasteiger charge is 2.19. The van der Waals surface area contributed by atoms with E-state index >= 15 is 0 Å². The lowest BCUT2D eigenvalue weighted by Crippen LogP contribution is -2.07. The number of aromatic carboxylic acids is 1. The van der Waals surface area contributed by atoms with Gasteiger partial charge in [-0.25, -0.2) is 13.2 Å². The van der Waals surface area contributed by atoms with Crippen LogP contribution >= 0.6 is 31.9 Å². The van der Waals surface area contributed by atoms with Gasteiger partial charge in [-0.1, -0.05) is 34.1 Å². The van der Waals surface area contributed by atoms with E-state index in [1.165, 1.54) is 18.2 Å². The van der Waals surface area contributed by atoms with Gasteiger partial charge in [-0.15, -0.1) is 0 Å². The van der Waals surface area contributed by atoms with Crippen LogP contribution in [0.2, 0.25) is 0 Å². The molecule has 0 aromatic heterocycles. The molecule has 0 aliphatic rings. The topological polar surface area (TPSA) is 71.4 Å². The highest BCUT2D eigenvalue weighted by Crippen LogP contribution is 2.25. The second kappa shape index (κ2) is 6.29. The van der Waals surface area contributed by atoms with Gasteiger partial charge in [0.2, 0.25) is 0 Å². The van der Waals surface area contributed by atoms with Crippen molar-refractivity contribution in [3.05, 3.63) is 62.5 Å². The van der Waals surface area contributed by atoms with Crippen LogP contribution in [0.25, 0.3) is 0 Å². The van der Waals surface area contributed by atoms with Crippen LogP contribution in [0.1, 0.15) is 15.9 Å². The lowest BCUT2D eigenvalue weighted by atomic mass is 10.2. The van der Waals surface area contributed by atoms with Crippen LogP contribution in [0.5, 0.6) is 0 Å². The number of benzene rings is 2. The second-order valence-corrected chi connectivity index (χ2v) is 8.00. The fourth-order valence-electron chi connectivity index (χ4n) is 1.77. The zero-order valence-corrected chi connectivity index (χ0v) is 14.6. The molecule has 2 rings (SSSR count). The number of carboxylic acid groups (broad SMARTS) is 1. The monoisotopic (exact) mass is 432 g/mol. The molecule has 21 heavy (non-hydrogen) atoms. The van der Waals surface area contributed by atoms with Crippen molar-refractivity contribution in [2.75, 3.05) is 0 Å². The Balaban J connectivity index is 2.43. The number of sulfone groups is 1.